The standard InChI is InChI=1S/C14H17F3N2O2/c1-4-19(5-2)13-10(7-9-12(20)21-3)6-8-11(18-13)14(15,16)17/h6-9H,4-5H2,1-3H3. The molecule has 0 saturated heterocycles. The second-order valence-electron chi connectivity index (χ2n) is 4.14. The van der Waals surface area contributed by atoms with Crippen LogP contribution in [0.5, 0.6) is 0 Å². The van der Waals surface area contributed by atoms with Crippen LogP contribution in [0.25, 0.3) is 6.08 Å². The number of hydrogen-bond acceptors (Lipinski definition) is 4. The minimum Gasteiger partial charge on any atom is -0.466 e. The van der Waals surface area contributed by atoms with E-state index in [-0.39, 0.29) is 5.82 Å². The number of anilines is 1. The highest BCUT2D eigenvalue weighted by molar-refractivity contribution is 5.88. The van der Waals surface area contributed by atoms with Crippen LogP contribution in [0, 0.1) is 0 Å². The summed E-state index contributed by atoms with van der Waals surface area (Å²) in [6.45, 7) is 4.65. The number of pyridine rings is 1. The predicted molar refractivity (Wildman–Crippen MR) is 73.9 cm³/mol. The van der Waals surface area contributed by atoms with Crippen molar-refractivity contribution in [3.63, 3.8) is 0 Å². The number of hydrogen-bond donors (Lipinski definition) is 0. The van der Waals surface area contributed by atoms with Gasteiger partial charge in [0.05, 0.1) is 7.11 Å². The van der Waals surface area contributed by atoms with E-state index in [4.69, 9.17) is 0 Å². The van der Waals surface area contributed by atoms with E-state index < -0.39 is 17.8 Å². The maximum atomic E-state index is 12.8. The molecule has 116 valence electrons. The average Bonchev–Trinajstić information content (AvgIpc) is 2.45. The molecule has 0 bridgehead atoms. The van der Waals surface area contributed by atoms with Gasteiger partial charge in [-0.3, -0.25) is 0 Å². The molecule has 0 aliphatic heterocycles. The van der Waals surface area contributed by atoms with Crippen LogP contribution in [0.4, 0.5) is 19.0 Å². The van der Waals surface area contributed by atoms with E-state index >= 15 is 0 Å². The van der Waals surface area contributed by atoms with Crippen LogP contribution >= 0.6 is 0 Å². The van der Waals surface area contributed by atoms with Gasteiger partial charge in [0.15, 0.2) is 0 Å². The van der Waals surface area contributed by atoms with E-state index in [2.05, 4.69) is 9.72 Å². The fourth-order valence-electron chi connectivity index (χ4n) is 1.75. The van der Waals surface area contributed by atoms with Gasteiger partial charge in [0, 0.05) is 24.7 Å². The first kappa shape index (κ1) is 17.0. The van der Waals surface area contributed by atoms with Crippen molar-refractivity contribution in [2.45, 2.75) is 20.0 Å². The van der Waals surface area contributed by atoms with E-state index in [1.165, 1.54) is 19.3 Å². The molecule has 0 aliphatic carbocycles. The molecule has 0 saturated carbocycles. The number of esters is 1. The third kappa shape index (κ3) is 4.47. The molecule has 21 heavy (non-hydrogen) atoms. The van der Waals surface area contributed by atoms with Gasteiger partial charge in [-0.25, -0.2) is 9.78 Å². The molecule has 4 nitrogen and oxygen atoms in total. The molecular formula is C14H17F3N2O2. The van der Waals surface area contributed by atoms with Crippen LogP contribution in [-0.4, -0.2) is 31.2 Å². The first-order chi connectivity index (χ1) is 9.83. The highest BCUT2D eigenvalue weighted by Crippen LogP contribution is 2.31. The summed E-state index contributed by atoms with van der Waals surface area (Å²) in [5, 5.41) is 0. The number of methoxy groups -OCH3 is 1. The molecule has 0 atom stereocenters. The normalized spacial score (nSPS) is 11.7. The zero-order chi connectivity index (χ0) is 16.0. The summed E-state index contributed by atoms with van der Waals surface area (Å²) in [5.74, 6) is -0.393. The number of alkyl halides is 3. The first-order valence-electron chi connectivity index (χ1n) is 6.42. The van der Waals surface area contributed by atoms with Gasteiger partial charge >= 0.3 is 12.1 Å². The van der Waals surface area contributed by atoms with Gasteiger partial charge in [-0.05, 0) is 32.1 Å². The van der Waals surface area contributed by atoms with Crippen LogP contribution < -0.4 is 4.90 Å². The SMILES string of the molecule is CCN(CC)c1nc(C(F)(F)F)ccc1C=CC(=O)OC. The monoisotopic (exact) mass is 302 g/mol. The second-order valence-corrected chi connectivity index (χ2v) is 4.14. The van der Waals surface area contributed by atoms with Gasteiger partial charge in [0.25, 0.3) is 0 Å². The number of ether oxygens (including phenoxy) is 1. The number of carbonyl (C=O) groups is 1. The number of rotatable bonds is 5. The summed E-state index contributed by atoms with van der Waals surface area (Å²) < 4.78 is 42.8. The molecule has 0 unspecified atom stereocenters. The van der Waals surface area contributed by atoms with Gasteiger partial charge in [-0.15, -0.1) is 0 Å². The predicted octanol–water partition coefficient (Wildman–Crippen LogP) is 3.13. The molecule has 7 heteroatoms. The maximum absolute atomic E-state index is 12.8. The van der Waals surface area contributed by atoms with Crippen molar-refractivity contribution >= 4 is 17.9 Å². The van der Waals surface area contributed by atoms with E-state index in [0.717, 1.165) is 12.1 Å². The van der Waals surface area contributed by atoms with E-state index in [9.17, 15) is 18.0 Å². The smallest absolute Gasteiger partial charge is 0.433 e. The van der Waals surface area contributed by atoms with Crippen LogP contribution in [0.1, 0.15) is 25.1 Å². The average molecular weight is 302 g/mol. The maximum Gasteiger partial charge on any atom is 0.433 e. The third-order valence-electron chi connectivity index (χ3n) is 2.86. The van der Waals surface area contributed by atoms with Crippen molar-refractivity contribution in [1.29, 1.82) is 0 Å². The minimum absolute atomic E-state index is 0.190. The Bertz CT molecular complexity index is 523. The Balaban J connectivity index is 3.29. The van der Waals surface area contributed by atoms with Crippen LogP contribution in [0.3, 0.4) is 0 Å². The Kier molecular flexibility index (Phi) is 5.75. The van der Waals surface area contributed by atoms with Crippen LogP contribution in [-0.2, 0) is 15.7 Å². The summed E-state index contributed by atoms with van der Waals surface area (Å²) in [7, 11) is 1.23. The number of nitrogens with zero attached hydrogens (tertiary/aromatic N) is 2. The lowest BCUT2D eigenvalue weighted by Gasteiger charge is -2.23. The third-order valence-corrected chi connectivity index (χ3v) is 2.86. The van der Waals surface area contributed by atoms with E-state index in [1.54, 1.807) is 4.90 Å². The van der Waals surface area contributed by atoms with E-state index in [1.807, 2.05) is 13.8 Å². The molecule has 0 amide bonds. The molecular weight excluding hydrogens is 285 g/mol. The van der Waals surface area contributed by atoms with Crippen LogP contribution in [0.2, 0.25) is 0 Å². The first-order valence-corrected chi connectivity index (χ1v) is 6.42. The van der Waals surface area contributed by atoms with Crippen molar-refractivity contribution in [3.8, 4) is 0 Å². The summed E-state index contributed by atoms with van der Waals surface area (Å²) in [6, 6.07) is 2.19. The molecule has 1 rings (SSSR count). The number of halogens is 3. The highest BCUT2D eigenvalue weighted by atomic mass is 19.4. The zero-order valence-corrected chi connectivity index (χ0v) is 12.1. The van der Waals surface area contributed by atoms with Gasteiger partial charge in [0.1, 0.15) is 11.5 Å². The van der Waals surface area contributed by atoms with Crippen LogP contribution in [0.15, 0.2) is 18.2 Å². The second kappa shape index (κ2) is 7.10. The molecule has 1 heterocycles. The summed E-state index contributed by atoms with van der Waals surface area (Å²) >= 11 is 0. The van der Waals surface area contributed by atoms with Crippen molar-refractivity contribution < 1.29 is 22.7 Å². The Morgan fingerprint density at radius 2 is 1.95 bits per heavy atom. The van der Waals surface area contributed by atoms with Gasteiger partial charge in [-0.1, -0.05) is 0 Å². The summed E-state index contributed by atoms with van der Waals surface area (Å²) in [4.78, 5) is 16.5. The van der Waals surface area contributed by atoms with Crippen molar-refractivity contribution in [1.82, 2.24) is 4.98 Å². The van der Waals surface area contributed by atoms with Gasteiger partial charge < -0.3 is 9.64 Å². The molecule has 0 radical (unpaired) electrons. The largest absolute Gasteiger partial charge is 0.466 e. The molecule has 0 fully saturated rings. The topological polar surface area (TPSA) is 42.4 Å². The molecule has 0 aliphatic rings. The Hall–Kier alpha value is -2.05. The highest BCUT2D eigenvalue weighted by Gasteiger charge is 2.33. The summed E-state index contributed by atoms with van der Waals surface area (Å²) in [5.41, 5.74) is -0.531. The molecule has 0 N–H and O–H groups in total. The fourth-order valence-corrected chi connectivity index (χ4v) is 1.75. The molecule has 1 aromatic rings. The van der Waals surface area contributed by atoms with Gasteiger partial charge in [0.2, 0.25) is 0 Å². The minimum atomic E-state index is -4.51. The van der Waals surface area contributed by atoms with Crippen molar-refractivity contribution in [2.24, 2.45) is 0 Å². The lowest BCUT2D eigenvalue weighted by molar-refractivity contribution is -0.141. The number of aromatic nitrogens is 1. The Morgan fingerprint density at radius 3 is 2.43 bits per heavy atom. The Morgan fingerprint density at radius 1 is 1.33 bits per heavy atom. The lowest BCUT2D eigenvalue weighted by Crippen LogP contribution is -2.25. The lowest BCUT2D eigenvalue weighted by atomic mass is 10.2. The van der Waals surface area contributed by atoms with E-state index in [0.29, 0.717) is 18.7 Å². The molecule has 0 spiro atoms. The van der Waals surface area contributed by atoms with Gasteiger partial charge in [-0.2, -0.15) is 13.2 Å². The quantitative estimate of drug-likeness (QED) is 0.619. The zero-order valence-electron chi connectivity index (χ0n) is 12.1. The Labute approximate surface area is 121 Å². The fraction of sp³-hybridized carbons (Fsp3) is 0.429. The van der Waals surface area contributed by atoms with Crippen molar-refractivity contribution in [3.05, 3.63) is 29.5 Å². The molecule has 0 aromatic carbocycles. The number of carbonyl (C=O) groups excluding carboxylic acids is 1. The summed E-state index contributed by atoms with van der Waals surface area (Å²) in [6.07, 6.45) is -1.96. The van der Waals surface area contributed by atoms with Crippen molar-refractivity contribution in [2.75, 3.05) is 25.1 Å². The molecule has 1 aromatic heterocycles.